The fourth-order valence-electron chi connectivity index (χ4n) is 2.94. The highest BCUT2D eigenvalue weighted by molar-refractivity contribution is 9.10. The Morgan fingerprint density at radius 2 is 1.59 bits per heavy atom. The van der Waals surface area contributed by atoms with E-state index >= 15 is 0 Å². The molecule has 0 aliphatic rings. The van der Waals surface area contributed by atoms with Gasteiger partial charge in [-0.1, -0.05) is 33.6 Å². The number of carbonyl (C=O) groups excluding carboxylic acids is 1. The largest absolute Gasteiger partial charge is 0.326 e. The molecule has 0 unspecified atom stereocenters. The zero-order valence-corrected chi connectivity index (χ0v) is 19.8. The summed E-state index contributed by atoms with van der Waals surface area (Å²) in [6.07, 6.45) is 0.356. The van der Waals surface area contributed by atoms with E-state index < -0.39 is 21.9 Å². The first-order valence-corrected chi connectivity index (χ1v) is 12.2. The van der Waals surface area contributed by atoms with Crippen LogP contribution in [0, 0.1) is 12.7 Å². The topological polar surface area (TPSA) is 78.5 Å². The Morgan fingerprint density at radius 1 is 0.969 bits per heavy atom. The first-order valence-electron chi connectivity index (χ1n) is 9.90. The van der Waals surface area contributed by atoms with Gasteiger partial charge in [0.1, 0.15) is 5.82 Å². The molecule has 0 aliphatic heterocycles. The number of nitrogens with one attached hydrogen (secondary N) is 2. The van der Waals surface area contributed by atoms with Gasteiger partial charge in [0.05, 0.1) is 4.90 Å². The van der Waals surface area contributed by atoms with Crippen LogP contribution in [0.2, 0.25) is 0 Å². The van der Waals surface area contributed by atoms with Crippen LogP contribution in [0.25, 0.3) is 0 Å². The molecular formula is C23H23BrFN3O3S. The Bertz CT molecular complexity index is 1150. The number of rotatable bonds is 8. The monoisotopic (exact) mass is 519 g/mol. The van der Waals surface area contributed by atoms with Gasteiger partial charge < -0.3 is 5.32 Å². The van der Waals surface area contributed by atoms with Crippen LogP contribution >= 0.6 is 15.9 Å². The first kappa shape index (κ1) is 23.9. The molecule has 3 rings (SSSR count). The van der Waals surface area contributed by atoms with E-state index in [4.69, 9.17) is 0 Å². The van der Waals surface area contributed by atoms with Gasteiger partial charge in [0.15, 0.2) is 0 Å². The third kappa shape index (κ3) is 6.62. The Kier molecular flexibility index (Phi) is 8.00. The van der Waals surface area contributed by atoms with E-state index in [1.165, 1.54) is 41.3 Å². The molecule has 3 aromatic carbocycles. The van der Waals surface area contributed by atoms with Crippen molar-refractivity contribution in [2.45, 2.75) is 18.2 Å². The molecule has 2 amide bonds. The van der Waals surface area contributed by atoms with Crippen molar-refractivity contribution in [3.8, 4) is 0 Å². The van der Waals surface area contributed by atoms with Crippen molar-refractivity contribution in [3.05, 3.63) is 88.6 Å². The lowest BCUT2D eigenvalue weighted by atomic mass is 10.2. The normalized spacial score (nSPS) is 11.2. The molecule has 0 saturated carbocycles. The van der Waals surface area contributed by atoms with Crippen LogP contribution in [0.1, 0.15) is 12.0 Å². The molecule has 6 nitrogen and oxygen atoms in total. The molecule has 32 heavy (non-hydrogen) atoms. The molecule has 0 saturated heterocycles. The molecular weight excluding hydrogens is 497 g/mol. The summed E-state index contributed by atoms with van der Waals surface area (Å²) in [7, 11) is -3.66. The summed E-state index contributed by atoms with van der Waals surface area (Å²) in [6, 6.07) is 18.9. The van der Waals surface area contributed by atoms with E-state index in [1.54, 1.807) is 24.3 Å². The van der Waals surface area contributed by atoms with E-state index in [1.807, 2.05) is 19.1 Å². The molecule has 3 aromatic rings. The van der Waals surface area contributed by atoms with Crippen molar-refractivity contribution in [1.29, 1.82) is 0 Å². The van der Waals surface area contributed by atoms with Gasteiger partial charge in [0.25, 0.3) is 0 Å². The molecule has 9 heteroatoms. The van der Waals surface area contributed by atoms with Gasteiger partial charge in [-0.05, 0) is 74.0 Å². The number of anilines is 2. The van der Waals surface area contributed by atoms with E-state index in [0.29, 0.717) is 17.8 Å². The first-order chi connectivity index (χ1) is 15.2. The Balaban J connectivity index is 1.66. The second-order valence-electron chi connectivity index (χ2n) is 7.13. The molecule has 0 fully saturated rings. The van der Waals surface area contributed by atoms with Crippen LogP contribution in [-0.2, 0) is 10.0 Å². The van der Waals surface area contributed by atoms with Crippen LogP contribution in [0.5, 0.6) is 0 Å². The van der Waals surface area contributed by atoms with Crippen LogP contribution in [0.4, 0.5) is 20.6 Å². The Labute approximate surface area is 195 Å². The van der Waals surface area contributed by atoms with Gasteiger partial charge in [-0.15, -0.1) is 0 Å². The predicted octanol–water partition coefficient (Wildman–Crippen LogP) is 5.30. The second-order valence-corrected chi connectivity index (χ2v) is 9.81. The Hall–Kier alpha value is -2.75. The van der Waals surface area contributed by atoms with Gasteiger partial charge in [-0.2, -0.15) is 0 Å². The quantitative estimate of drug-likeness (QED) is 0.396. The summed E-state index contributed by atoms with van der Waals surface area (Å²) in [5.41, 5.74) is 2.20. The van der Waals surface area contributed by atoms with E-state index in [-0.39, 0.29) is 18.0 Å². The highest BCUT2D eigenvalue weighted by Crippen LogP contribution is 2.18. The van der Waals surface area contributed by atoms with Gasteiger partial charge >= 0.3 is 6.03 Å². The van der Waals surface area contributed by atoms with Gasteiger partial charge in [0.2, 0.25) is 10.0 Å². The van der Waals surface area contributed by atoms with Crippen molar-refractivity contribution in [1.82, 2.24) is 4.72 Å². The summed E-state index contributed by atoms with van der Waals surface area (Å²) < 4.78 is 41.6. The van der Waals surface area contributed by atoms with Crippen LogP contribution < -0.4 is 14.9 Å². The Morgan fingerprint density at radius 3 is 2.22 bits per heavy atom. The number of nitrogens with zero attached hydrogens (tertiary/aromatic N) is 1. The maximum atomic E-state index is 13.4. The minimum Gasteiger partial charge on any atom is -0.308 e. The SMILES string of the molecule is Cc1ccc(NC(=O)N(CCCNS(=O)(=O)c2ccc(Br)cc2)c2ccc(F)cc2)cc1. The summed E-state index contributed by atoms with van der Waals surface area (Å²) in [6.45, 7) is 2.31. The minimum absolute atomic E-state index is 0.133. The number of urea groups is 1. The minimum atomic E-state index is -3.66. The van der Waals surface area contributed by atoms with Crippen LogP contribution in [0.3, 0.4) is 0 Å². The highest BCUT2D eigenvalue weighted by atomic mass is 79.9. The van der Waals surface area contributed by atoms with Crippen molar-refractivity contribution >= 4 is 43.4 Å². The number of aryl methyl sites for hydroxylation is 1. The number of sulfonamides is 1. The van der Waals surface area contributed by atoms with Crippen molar-refractivity contribution < 1.29 is 17.6 Å². The smallest absolute Gasteiger partial charge is 0.308 e. The molecule has 0 bridgehead atoms. The maximum Gasteiger partial charge on any atom is 0.326 e. The molecule has 0 aromatic heterocycles. The molecule has 0 atom stereocenters. The van der Waals surface area contributed by atoms with Crippen LogP contribution in [0.15, 0.2) is 82.2 Å². The number of benzene rings is 3. The fraction of sp³-hybridized carbons (Fsp3) is 0.174. The second kappa shape index (κ2) is 10.7. The number of hydrogen-bond donors (Lipinski definition) is 2. The molecule has 0 spiro atoms. The molecule has 0 radical (unpaired) electrons. The lowest BCUT2D eigenvalue weighted by Crippen LogP contribution is -2.37. The maximum absolute atomic E-state index is 13.4. The fourth-order valence-corrected chi connectivity index (χ4v) is 4.28. The third-order valence-corrected chi connectivity index (χ3v) is 6.67. The molecule has 168 valence electrons. The number of carbonyl (C=O) groups is 1. The van der Waals surface area contributed by atoms with E-state index in [2.05, 4.69) is 26.0 Å². The summed E-state index contributed by atoms with van der Waals surface area (Å²) in [4.78, 5) is 14.5. The number of halogens is 2. The van der Waals surface area contributed by atoms with Crippen molar-refractivity contribution in [2.24, 2.45) is 0 Å². The summed E-state index contributed by atoms with van der Waals surface area (Å²) in [5, 5.41) is 2.82. The highest BCUT2D eigenvalue weighted by Gasteiger charge is 2.17. The zero-order valence-electron chi connectivity index (χ0n) is 17.4. The lowest BCUT2D eigenvalue weighted by Gasteiger charge is -2.23. The predicted molar refractivity (Wildman–Crippen MR) is 128 cm³/mol. The average Bonchev–Trinajstić information content (AvgIpc) is 2.76. The van der Waals surface area contributed by atoms with Gasteiger partial charge in [-0.3, -0.25) is 4.90 Å². The standard InChI is InChI=1S/C23H23BrFN3O3S/c1-17-3-9-20(10-4-17)27-23(29)28(21-11-7-19(25)8-12-21)16-2-15-26-32(30,31)22-13-5-18(24)6-14-22/h3-14,26H,2,15-16H2,1H3,(H,27,29). The van der Waals surface area contributed by atoms with Gasteiger partial charge in [-0.25, -0.2) is 22.3 Å². The van der Waals surface area contributed by atoms with E-state index in [0.717, 1.165) is 10.0 Å². The number of amides is 2. The number of hydrogen-bond acceptors (Lipinski definition) is 3. The summed E-state index contributed by atoms with van der Waals surface area (Å²) in [5.74, 6) is -0.407. The zero-order chi connectivity index (χ0) is 23.1. The molecule has 2 N–H and O–H groups in total. The molecule has 0 heterocycles. The summed E-state index contributed by atoms with van der Waals surface area (Å²) >= 11 is 3.28. The molecule has 0 aliphatic carbocycles. The van der Waals surface area contributed by atoms with E-state index in [9.17, 15) is 17.6 Å². The lowest BCUT2D eigenvalue weighted by molar-refractivity contribution is 0.257. The average molecular weight is 520 g/mol. The van der Waals surface area contributed by atoms with Crippen molar-refractivity contribution in [2.75, 3.05) is 23.3 Å². The van der Waals surface area contributed by atoms with Gasteiger partial charge in [0, 0.05) is 28.9 Å². The van der Waals surface area contributed by atoms with Crippen LogP contribution in [-0.4, -0.2) is 27.5 Å². The van der Waals surface area contributed by atoms with Crippen molar-refractivity contribution in [3.63, 3.8) is 0 Å². The third-order valence-electron chi connectivity index (χ3n) is 4.66.